The van der Waals surface area contributed by atoms with E-state index in [2.05, 4.69) is 12.2 Å². The van der Waals surface area contributed by atoms with Crippen LogP contribution in [0.3, 0.4) is 0 Å². The number of hydrogen-bond acceptors (Lipinski definition) is 4. The lowest BCUT2D eigenvalue weighted by atomic mass is 10.2. The van der Waals surface area contributed by atoms with Crippen molar-refractivity contribution in [3.05, 3.63) is 0 Å². The minimum absolute atomic E-state index is 0.0894. The zero-order valence-electron chi connectivity index (χ0n) is 10.5. The standard InChI is InChI=1S/C11H23NO3S/c1-4-10(3)12-9-11(13)7-6-8-16(14,15)5-2/h10,12H,4-9H2,1-3H3. The van der Waals surface area contributed by atoms with Gasteiger partial charge in [-0.2, -0.15) is 0 Å². The first kappa shape index (κ1) is 15.6. The molecule has 1 atom stereocenters. The molecule has 0 aromatic heterocycles. The highest BCUT2D eigenvalue weighted by Gasteiger charge is 2.09. The lowest BCUT2D eigenvalue weighted by Gasteiger charge is -2.09. The van der Waals surface area contributed by atoms with Gasteiger partial charge in [0.05, 0.1) is 12.3 Å². The Morgan fingerprint density at radius 1 is 1.31 bits per heavy atom. The molecule has 0 aromatic carbocycles. The third-order valence-electron chi connectivity index (χ3n) is 2.61. The van der Waals surface area contributed by atoms with E-state index in [4.69, 9.17) is 0 Å². The molecule has 0 aliphatic heterocycles. The number of hydrogen-bond donors (Lipinski definition) is 1. The van der Waals surface area contributed by atoms with Crippen LogP contribution in [0.1, 0.15) is 40.0 Å². The Bertz CT molecular complexity index is 298. The maximum Gasteiger partial charge on any atom is 0.150 e. The van der Waals surface area contributed by atoms with Gasteiger partial charge in [-0.1, -0.05) is 13.8 Å². The second kappa shape index (κ2) is 7.79. The summed E-state index contributed by atoms with van der Waals surface area (Å²) in [6.45, 7) is 6.05. The fourth-order valence-electron chi connectivity index (χ4n) is 1.15. The first-order chi connectivity index (χ1) is 7.41. The molecule has 0 heterocycles. The minimum atomic E-state index is -2.92. The summed E-state index contributed by atoms with van der Waals surface area (Å²) >= 11 is 0. The van der Waals surface area contributed by atoms with Gasteiger partial charge in [0.15, 0.2) is 0 Å². The molecule has 0 aliphatic carbocycles. The predicted octanol–water partition coefficient (Wildman–Crippen LogP) is 1.16. The Kier molecular flexibility index (Phi) is 7.58. The van der Waals surface area contributed by atoms with Gasteiger partial charge in [0.2, 0.25) is 0 Å². The van der Waals surface area contributed by atoms with Crippen LogP contribution in [0.15, 0.2) is 0 Å². The van der Waals surface area contributed by atoms with E-state index in [0.717, 1.165) is 6.42 Å². The SMILES string of the molecule is CCC(C)NCC(=O)CCCS(=O)(=O)CC. The number of carbonyl (C=O) groups excluding carboxylic acids is 1. The summed E-state index contributed by atoms with van der Waals surface area (Å²) in [7, 11) is -2.92. The third-order valence-corrected chi connectivity index (χ3v) is 4.40. The molecular weight excluding hydrogens is 226 g/mol. The van der Waals surface area contributed by atoms with E-state index in [1.807, 2.05) is 6.92 Å². The van der Waals surface area contributed by atoms with Crippen molar-refractivity contribution in [3.8, 4) is 0 Å². The van der Waals surface area contributed by atoms with E-state index < -0.39 is 9.84 Å². The number of carbonyl (C=O) groups is 1. The molecule has 0 aromatic rings. The Morgan fingerprint density at radius 3 is 2.44 bits per heavy atom. The quantitative estimate of drug-likeness (QED) is 0.666. The fraction of sp³-hybridized carbons (Fsp3) is 0.909. The smallest absolute Gasteiger partial charge is 0.150 e. The summed E-state index contributed by atoms with van der Waals surface area (Å²) in [6.07, 6.45) is 1.78. The van der Waals surface area contributed by atoms with Crippen LogP contribution in [0, 0.1) is 0 Å². The topological polar surface area (TPSA) is 63.2 Å². The third kappa shape index (κ3) is 7.82. The number of nitrogens with one attached hydrogen (secondary N) is 1. The van der Waals surface area contributed by atoms with Crippen molar-refractivity contribution in [3.63, 3.8) is 0 Å². The van der Waals surface area contributed by atoms with Crippen LogP contribution in [0.5, 0.6) is 0 Å². The van der Waals surface area contributed by atoms with Gasteiger partial charge in [-0.05, 0) is 19.8 Å². The van der Waals surface area contributed by atoms with Gasteiger partial charge >= 0.3 is 0 Å². The summed E-state index contributed by atoms with van der Waals surface area (Å²) in [6, 6.07) is 0.336. The van der Waals surface area contributed by atoms with Crippen LogP contribution in [-0.2, 0) is 14.6 Å². The van der Waals surface area contributed by atoms with Gasteiger partial charge in [0, 0.05) is 18.2 Å². The lowest BCUT2D eigenvalue weighted by molar-refractivity contribution is -0.118. The van der Waals surface area contributed by atoms with Crippen molar-refractivity contribution in [1.29, 1.82) is 0 Å². The molecule has 0 aliphatic rings. The van der Waals surface area contributed by atoms with Gasteiger partial charge in [-0.25, -0.2) is 8.42 Å². The molecular formula is C11H23NO3S. The molecule has 0 amide bonds. The highest BCUT2D eigenvalue weighted by molar-refractivity contribution is 7.91. The first-order valence-electron chi connectivity index (χ1n) is 5.86. The van der Waals surface area contributed by atoms with Crippen molar-refractivity contribution in [1.82, 2.24) is 5.32 Å². The Morgan fingerprint density at radius 2 is 1.94 bits per heavy atom. The summed E-state index contributed by atoms with van der Waals surface area (Å²) in [5.74, 6) is 0.372. The highest BCUT2D eigenvalue weighted by Crippen LogP contribution is 1.98. The first-order valence-corrected chi connectivity index (χ1v) is 7.69. The zero-order chi connectivity index (χ0) is 12.6. The van der Waals surface area contributed by atoms with E-state index in [1.54, 1.807) is 6.92 Å². The largest absolute Gasteiger partial charge is 0.308 e. The van der Waals surface area contributed by atoms with E-state index in [9.17, 15) is 13.2 Å². The highest BCUT2D eigenvalue weighted by atomic mass is 32.2. The molecule has 0 fully saturated rings. The van der Waals surface area contributed by atoms with Crippen LogP contribution in [0.25, 0.3) is 0 Å². The number of sulfone groups is 1. The Balaban J connectivity index is 3.67. The van der Waals surface area contributed by atoms with Crippen LogP contribution >= 0.6 is 0 Å². The molecule has 4 nitrogen and oxygen atoms in total. The van der Waals surface area contributed by atoms with Crippen LogP contribution < -0.4 is 5.32 Å². The zero-order valence-corrected chi connectivity index (χ0v) is 11.3. The Hall–Kier alpha value is -0.420. The average Bonchev–Trinajstić information content (AvgIpc) is 2.25. The van der Waals surface area contributed by atoms with Gasteiger partial charge in [0.1, 0.15) is 15.6 Å². The number of rotatable bonds is 9. The predicted molar refractivity (Wildman–Crippen MR) is 66.3 cm³/mol. The summed E-state index contributed by atoms with van der Waals surface area (Å²) in [5, 5.41) is 3.09. The molecule has 5 heteroatoms. The maximum atomic E-state index is 11.4. The molecule has 1 N–H and O–H groups in total. The van der Waals surface area contributed by atoms with E-state index in [-0.39, 0.29) is 17.3 Å². The second-order valence-electron chi connectivity index (χ2n) is 4.07. The normalized spacial score (nSPS) is 13.7. The molecule has 0 saturated heterocycles. The molecule has 16 heavy (non-hydrogen) atoms. The summed E-state index contributed by atoms with van der Waals surface area (Å²) < 4.78 is 22.3. The van der Waals surface area contributed by atoms with E-state index >= 15 is 0 Å². The molecule has 0 saturated carbocycles. The van der Waals surface area contributed by atoms with Crippen molar-refractivity contribution in [2.24, 2.45) is 0 Å². The molecule has 1 unspecified atom stereocenters. The monoisotopic (exact) mass is 249 g/mol. The van der Waals surface area contributed by atoms with Crippen molar-refractivity contribution < 1.29 is 13.2 Å². The van der Waals surface area contributed by atoms with E-state index in [0.29, 0.717) is 25.4 Å². The maximum absolute atomic E-state index is 11.4. The van der Waals surface area contributed by atoms with E-state index in [1.165, 1.54) is 0 Å². The second-order valence-corrected chi connectivity index (χ2v) is 6.54. The average molecular weight is 249 g/mol. The van der Waals surface area contributed by atoms with Crippen LogP contribution in [0.4, 0.5) is 0 Å². The number of ketones is 1. The molecule has 0 spiro atoms. The van der Waals surface area contributed by atoms with Crippen molar-refractivity contribution in [2.45, 2.75) is 46.1 Å². The summed E-state index contributed by atoms with van der Waals surface area (Å²) in [5.41, 5.74) is 0. The van der Waals surface area contributed by atoms with Crippen LogP contribution in [0.2, 0.25) is 0 Å². The molecule has 0 bridgehead atoms. The van der Waals surface area contributed by atoms with Crippen molar-refractivity contribution in [2.75, 3.05) is 18.1 Å². The van der Waals surface area contributed by atoms with Gasteiger partial charge in [-0.3, -0.25) is 4.79 Å². The van der Waals surface area contributed by atoms with Gasteiger partial charge in [-0.15, -0.1) is 0 Å². The Labute approximate surface area is 98.7 Å². The van der Waals surface area contributed by atoms with Gasteiger partial charge in [0.25, 0.3) is 0 Å². The number of Topliss-reactive ketones (excluding diaryl/α,β-unsaturated/α-hetero) is 1. The summed E-state index contributed by atoms with van der Waals surface area (Å²) in [4.78, 5) is 11.4. The molecule has 96 valence electrons. The molecule has 0 radical (unpaired) electrons. The lowest BCUT2D eigenvalue weighted by Crippen LogP contribution is -2.31. The van der Waals surface area contributed by atoms with Crippen molar-refractivity contribution >= 4 is 15.6 Å². The van der Waals surface area contributed by atoms with Gasteiger partial charge < -0.3 is 5.32 Å². The van der Waals surface area contributed by atoms with Crippen LogP contribution in [-0.4, -0.2) is 38.3 Å². The fourth-order valence-corrected chi connectivity index (χ4v) is 2.03. The minimum Gasteiger partial charge on any atom is -0.308 e. The molecule has 0 rings (SSSR count).